The first kappa shape index (κ1) is 21.5. The van der Waals surface area contributed by atoms with Gasteiger partial charge >= 0.3 is 5.97 Å². The van der Waals surface area contributed by atoms with E-state index in [0.29, 0.717) is 51.7 Å². The Morgan fingerprint density at radius 1 is 0.793 bits per heavy atom. The van der Waals surface area contributed by atoms with Gasteiger partial charge in [-0.15, -0.1) is 0 Å². The molecule has 0 saturated carbocycles. The summed E-state index contributed by atoms with van der Waals surface area (Å²) in [5.41, 5.74) is 6.02. The molecular weight excluding hydrogens is 376 g/mol. The van der Waals surface area contributed by atoms with E-state index in [1.807, 2.05) is 13.8 Å². The number of nitrogens with zero attached hydrogens (tertiary/aromatic N) is 3. The van der Waals surface area contributed by atoms with Crippen LogP contribution in [0, 0.1) is 5.92 Å². The van der Waals surface area contributed by atoms with Crippen molar-refractivity contribution in [2.24, 2.45) is 11.7 Å². The molecule has 0 aromatic rings. The Balaban J connectivity index is 1.73. The van der Waals surface area contributed by atoms with Crippen LogP contribution in [-0.2, 0) is 19.2 Å². The second-order valence-corrected chi connectivity index (χ2v) is 8.68. The van der Waals surface area contributed by atoms with E-state index in [0.717, 1.165) is 6.42 Å². The van der Waals surface area contributed by atoms with Crippen molar-refractivity contribution in [3.05, 3.63) is 0 Å². The van der Waals surface area contributed by atoms with Gasteiger partial charge in [-0.05, 0) is 44.4 Å². The van der Waals surface area contributed by atoms with Gasteiger partial charge in [-0.1, -0.05) is 13.8 Å². The van der Waals surface area contributed by atoms with Crippen LogP contribution >= 0.6 is 0 Å². The van der Waals surface area contributed by atoms with Crippen LogP contribution in [0.3, 0.4) is 0 Å². The Bertz CT molecular complexity index is 682. The van der Waals surface area contributed by atoms with Gasteiger partial charge in [0.15, 0.2) is 0 Å². The fourth-order valence-electron chi connectivity index (χ4n) is 4.72. The van der Waals surface area contributed by atoms with Crippen molar-refractivity contribution in [2.45, 2.75) is 76.5 Å². The monoisotopic (exact) mass is 408 g/mol. The van der Waals surface area contributed by atoms with Gasteiger partial charge in [-0.2, -0.15) is 0 Å². The van der Waals surface area contributed by atoms with Crippen molar-refractivity contribution in [1.82, 2.24) is 14.7 Å². The Labute approximate surface area is 171 Å². The van der Waals surface area contributed by atoms with Crippen LogP contribution in [0.15, 0.2) is 0 Å². The Morgan fingerprint density at radius 2 is 1.21 bits per heavy atom. The highest BCUT2D eigenvalue weighted by molar-refractivity contribution is 5.95. The van der Waals surface area contributed by atoms with Crippen molar-refractivity contribution < 1.29 is 24.3 Å². The van der Waals surface area contributed by atoms with Gasteiger partial charge < -0.3 is 25.5 Å². The zero-order valence-corrected chi connectivity index (χ0v) is 17.2. The summed E-state index contributed by atoms with van der Waals surface area (Å²) in [7, 11) is 0. The number of rotatable bonds is 5. The lowest BCUT2D eigenvalue weighted by molar-refractivity contribution is -0.153. The maximum absolute atomic E-state index is 13.3. The lowest BCUT2D eigenvalue weighted by atomic mass is 10.0. The summed E-state index contributed by atoms with van der Waals surface area (Å²) in [4.78, 5) is 55.1. The number of likely N-dealkylation sites (tertiary alicyclic amines) is 3. The van der Waals surface area contributed by atoms with E-state index in [1.54, 1.807) is 9.80 Å². The number of carbonyl (C=O) groups excluding carboxylic acids is 3. The summed E-state index contributed by atoms with van der Waals surface area (Å²) >= 11 is 0. The molecule has 3 N–H and O–H groups in total. The number of carbonyl (C=O) groups is 4. The number of carboxylic acids is 1. The van der Waals surface area contributed by atoms with Crippen molar-refractivity contribution in [2.75, 3.05) is 19.6 Å². The lowest BCUT2D eigenvalue weighted by Gasteiger charge is -2.34. The summed E-state index contributed by atoms with van der Waals surface area (Å²) in [5, 5.41) is 9.39. The molecule has 0 aliphatic carbocycles. The van der Waals surface area contributed by atoms with Gasteiger partial charge in [0.05, 0.1) is 6.04 Å². The van der Waals surface area contributed by atoms with Crippen LogP contribution in [0.25, 0.3) is 0 Å². The molecule has 29 heavy (non-hydrogen) atoms. The molecule has 3 heterocycles. The zero-order valence-electron chi connectivity index (χ0n) is 17.2. The topological polar surface area (TPSA) is 124 Å². The summed E-state index contributed by atoms with van der Waals surface area (Å²) < 4.78 is 0. The first-order valence-electron chi connectivity index (χ1n) is 10.6. The minimum atomic E-state index is -0.998. The molecule has 0 unspecified atom stereocenters. The number of amides is 3. The van der Waals surface area contributed by atoms with Crippen molar-refractivity contribution in [3.8, 4) is 0 Å². The van der Waals surface area contributed by atoms with Crippen LogP contribution in [-0.4, -0.2) is 87.3 Å². The second kappa shape index (κ2) is 8.69. The quantitative estimate of drug-likeness (QED) is 0.661. The maximum Gasteiger partial charge on any atom is 0.326 e. The smallest absolute Gasteiger partial charge is 0.326 e. The van der Waals surface area contributed by atoms with Crippen molar-refractivity contribution >= 4 is 23.7 Å². The first-order valence-corrected chi connectivity index (χ1v) is 10.6. The highest BCUT2D eigenvalue weighted by Crippen LogP contribution is 2.28. The van der Waals surface area contributed by atoms with Crippen molar-refractivity contribution in [1.29, 1.82) is 0 Å². The van der Waals surface area contributed by atoms with E-state index in [4.69, 9.17) is 5.73 Å². The molecule has 3 rings (SSSR count). The first-order chi connectivity index (χ1) is 13.7. The zero-order chi connectivity index (χ0) is 21.3. The van der Waals surface area contributed by atoms with Gasteiger partial charge in [-0.25, -0.2) is 4.79 Å². The molecule has 0 bridgehead atoms. The van der Waals surface area contributed by atoms with E-state index in [1.165, 1.54) is 4.90 Å². The largest absolute Gasteiger partial charge is 0.480 e. The minimum absolute atomic E-state index is 0.0249. The third-order valence-corrected chi connectivity index (χ3v) is 6.47. The second-order valence-electron chi connectivity index (χ2n) is 8.68. The van der Waals surface area contributed by atoms with E-state index >= 15 is 0 Å². The molecule has 9 nitrogen and oxygen atoms in total. The van der Waals surface area contributed by atoms with Crippen LogP contribution in [0.2, 0.25) is 0 Å². The third-order valence-electron chi connectivity index (χ3n) is 6.47. The molecule has 3 aliphatic heterocycles. The predicted octanol–water partition coefficient (Wildman–Crippen LogP) is 0.0273. The molecule has 4 atom stereocenters. The highest BCUT2D eigenvalue weighted by Gasteiger charge is 2.46. The Morgan fingerprint density at radius 3 is 1.69 bits per heavy atom. The van der Waals surface area contributed by atoms with Gasteiger partial charge in [-0.3, -0.25) is 14.4 Å². The van der Waals surface area contributed by atoms with Crippen LogP contribution < -0.4 is 5.73 Å². The van der Waals surface area contributed by atoms with Gasteiger partial charge in [0.2, 0.25) is 17.7 Å². The SMILES string of the molecule is CC(C)[C@H](N)C(=O)N1CCC[C@H]1C(=O)N1CCC[C@H]1C(=O)N1CCC[C@H]1C(=O)O. The van der Waals surface area contributed by atoms with Crippen molar-refractivity contribution in [3.63, 3.8) is 0 Å². The molecule has 162 valence electrons. The van der Waals surface area contributed by atoms with E-state index in [-0.39, 0.29) is 23.6 Å². The average Bonchev–Trinajstić information content (AvgIpc) is 3.45. The predicted molar refractivity (Wildman–Crippen MR) is 105 cm³/mol. The lowest BCUT2D eigenvalue weighted by Crippen LogP contribution is -2.56. The molecule has 0 aromatic carbocycles. The molecule has 3 amide bonds. The highest BCUT2D eigenvalue weighted by atomic mass is 16.4. The van der Waals surface area contributed by atoms with E-state index in [2.05, 4.69) is 0 Å². The molecule has 0 spiro atoms. The molecule has 3 aliphatic rings. The summed E-state index contributed by atoms with van der Waals surface area (Å²) in [6.45, 7) is 5.11. The Hall–Kier alpha value is -2.16. The Kier molecular flexibility index (Phi) is 6.45. The van der Waals surface area contributed by atoms with E-state index < -0.39 is 30.1 Å². The number of aliphatic carboxylic acids is 1. The number of carboxylic acid groups (broad SMARTS) is 1. The molecule has 3 saturated heterocycles. The number of hydrogen-bond acceptors (Lipinski definition) is 5. The van der Waals surface area contributed by atoms with Gasteiger partial charge in [0.1, 0.15) is 18.1 Å². The van der Waals surface area contributed by atoms with Gasteiger partial charge in [0, 0.05) is 19.6 Å². The van der Waals surface area contributed by atoms with Crippen LogP contribution in [0.1, 0.15) is 52.4 Å². The summed E-state index contributed by atoms with van der Waals surface area (Å²) in [5.74, 6) is -1.74. The number of hydrogen-bond donors (Lipinski definition) is 2. The average molecular weight is 408 g/mol. The minimum Gasteiger partial charge on any atom is -0.480 e. The molecule has 0 aromatic heterocycles. The van der Waals surface area contributed by atoms with Crippen LogP contribution in [0.5, 0.6) is 0 Å². The van der Waals surface area contributed by atoms with E-state index in [9.17, 15) is 24.3 Å². The fourth-order valence-corrected chi connectivity index (χ4v) is 4.72. The summed E-state index contributed by atoms with van der Waals surface area (Å²) in [6.07, 6.45) is 3.61. The summed E-state index contributed by atoms with van der Waals surface area (Å²) in [6, 6.07) is -2.69. The molecule has 0 radical (unpaired) electrons. The normalized spacial score (nSPS) is 28.3. The van der Waals surface area contributed by atoms with Gasteiger partial charge in [0.25, 0.3) is 0 Å². The molecule has 3 fully saturated rings. The fraction of sp³-hybridized carbons (Fsp3) is 0.800. The maximum atomic E-state index is 13.3. The standard InChI is InChI=1S/C20H32N4O5/c1-12(2)16(21)19(27)23-10-4-7-14(23)17(25)22-9-3-6-13(22)18(26)24-11-5-8-15(24)20(28)29/h12-16H,3-11,21H2,1-2H3,(H,28,29)/t13-,14-,15-,16-/m0/s1. The van der Waals surface area contributed by atoms with Crippen LogP contribution in [0.4, 0.5) is 0 Å². The third kappa shape index (κ3) is 4.10. The molecular formula is C20H32N4O5. The molecule has 9 heteroatoms. The number of nitrogens with two attached hydrogens (primary N) is 1.